The summed E-state index contributed by atoms with van der Waals surface area (Å²) in [6, 6.07) is -0.835. The average molecular weight is 762 g/mol. The molecule has 54 heavy (non-hydrogen) atoms. The summed E-state index contributed by atoms with van der Waals surface area (Å²) in [5.74, 6) is -0.209. The van der Waals surface area contributed by atoms with Crippen molar-refractivity contribution in [1.82, 2.24) is 5.32 Å². The zero-order valence-corrected chi connectivity index (χ0v) is 34.0. The summed E-state index contributed by atoms with van der Waals surface area (Å²) in [4.78, 5) is 12.9. The molecule has 312 valence electrons. The van der Waals surface area contributed by atoms with Crippen molar-refractivity contribution in [1.29, 1.82) is 0 Å². The summed E-state index contributed by atoms with van der Waals surface area (Å²) >= 11 is 0. The Hall–Kier alpha value is -2.11. The molecule has 0 saturated carbocycles. The summed E-state index contributed by atoms with van der Waals surface area (Å²) < 4.78 is 11.2. The second kappa shape index (κ2) is 35.3. The molecule has 1 amide bonds. The van der Waals surface area contributed by atoms with E-state index in [0.717, 1.165) is 77.0 Å². The van der Waals surface area contributed by atoms with Crippen molar-refractivity contribution in [2.24, 2.45) is 0 Å². The number of ether oxygens (including phenoxy) is 2. The van der Waals surface area contributed by atoms with Crippen LogP contribution in [0.3, 0.4) is 0 Å². The van der Waals surface area contributed by atoms with Crippen molar-refractivity contribution in [2.45, 2.75) is 204 Å². The highest BCUT2D eigenvalue weighted by Gasteiger charge is 2.44. The topological polar surface area (TPSA) is 149 Å². The lowest BCUT2D eigenvalue weighted by Crippen LogP contribution is -2.60. The van der Waals surface area contributed by atoms with Gasteiger partial charge in [-0.2, -0.15) is 0 Å². The first kappa shape index (κ1) is 49.9. The Bertz CT molecular complexity index is 1030. The molecule has 1 heterocycles. The summed E-state index contributed by atoms with van der Waals surface area (Å²) in [6.45, 7) is 3.68. The maximum Gasteiger partial charge on any atom is 0.220 e. The van der Waals surface area contributed by atoms with Crippen LogP contribution in [0.1, 0.15) is 162 Å². The fourth-order valence-electron chi connectivity index (χ4n) is 6.27. The van der Waals surface area contributed by atoms with Crippen LogP contribution in [0.15, 0.2) is 60.8 Å². The lowest BCUT2D eigenvalue weighted by atomic mass is 9.99. The predicted octanol–water partition coefficient (Wildman–Crippen LogP) is 8.44. The number of nitrogens with one attached hydrogen (secondary N) is 1. The number of rotatable bonds is 34. The van der Waals surface area contributed by atoms with E-state index < -0.39 is 49.5 Å². The van der Waals surface area contributed by atoms with Gasteiger partial charge in [0.2, 0.25) is 5.91 Å². The SMILES string of the molecule is CCCCCC/C=C\C/C=C\CCCCCCCC(=O)NC(COC1OC(CO)C(O)C(O)C1O)C(O)/C=C/CC/C=C/CC/C=C/CCCCCCC. The quantitative estimate of drug-likeness (QED) is 0.0283. The molecule has 0 aromatic rings. The van der Waals surface area contributed by atoms with Crippen LogP contribution in [-0.4, -0.2) is 87.5 Å². The van der Waals surface area contributed by atoms with Crippen molar-refractivity contribution < 1.29 is 39.8 Å². The van der Waals surface area contributed by atoms with Crippen LogP contribution in [0.25, 0.3) is 0 Å². The first-order valence-corrected chi connectivity index (χ1v) is 21.5. The predicted molar refractivity (Wildman–Crippen MR) is 221 cm³/mol. The Labute approximate surface area is 328 Å². The van der Waals surface area contributed by atoms with Gasteiger partial charge in [-0.3, -0.25) is 4.79 Å². The van der Waals surface area contributed by atoms with Crippen LogP contribution in [0, 0.1) is 0 Å². The van der Waals surface area contributed by atoms with Crippen LogP contribution in [0.5, 0.6) is 0 Å². The number of carbonyl (C=O) groups is 1. The van der Waals surface area contributed by atoms with Crippen molar-refractivity contribution >= 4 is 5.91 Å². The smallest absolute Gasteiger partial charge is 0.220 e. The fourth-order valence-corrected chi connectivity index (χ4v) is 6.27. The molecule has 0 aromatic heterocycles. The standard InChI is InChI=1S/C45H79NO8/c1-3-5-7-9-11-13-15-17-19-21-23-25-27-29-31-33-35-41(49)46-38(37-53-45-44(52)43(51)42(50)40(36-47)54-45)39(48)34-32-30-28-26-24-22-20-18-16-14-12-10-8-6-4-2/h13,15-16,18-19,21,24,26,32,34,38-40,42-45,47-48,50-52H,3-12,14,17,20,22-23,25,27-31,33,35-37H2,1-2H3,(H,46,49)/b15-13-,18-16+,21-19-,26-24+,34-32+. The van der Waals surface area contributed by atoms with Gasteiger partial charge in [0.1, 0.15) is 24.4 Å². The van der Waals surface area contributed by atoms with Gasteiger partial charge >= 0.3 is 0 Å². The molecule has 1 aliphatic heterocycles. The van der Waals surface area contributed by atoms with E-state index in [1.807, 2.05) is 6.08 Å². The average Bonchev–Trinajstić information content (AvgIpc) is 3.17. The number of aliphatic hydroxyl groups is 5. The Balaban J connectivity index is 2.46. The molecule has 9 heteroatoms. The van der Waals surface area contributed by atoms with E-state index in [1.165, 1.54) is 64.2 Å². The Morgan fingerprint density at radius 2 is 1.11 bits per heavy atom. The second-order valence-corrected chi connectivity index (χ2v) is 14.8. The molecule has 0 aliphatic carbocycles. The molecule has 1 saturated heterocycles. The van der Waals surface area contributed by atoms with Crippen LogP contribution < -0.4 is 5.32 Å². The van der Waals surface area contributed by atoms with Crippen LogP contribution in [0.4, 0.5) is 0 Å². The number of carbonyl (C=O) groups excluding carboxylic acids is 1. The van der Waals surface area contributed by atoms with Gasteiger partial charge in [0.25, 0.3) is 0 Å². The first-order valence-electron chi connectivity index (χ1n) is 21.5. The van der Waals surface area contributed by atoms with E-state index in [-0.39, 0.29) is 12.5 Å². The van der Waals surface area contributed by atoms with E-state index >= 15 is 0 Å². The van der Waals surface area contributed by atoms with Gasteiger partial charge in [0.05, 0.1) is 25.4 Å². The lowest BCUT2D eigenvalue weighted by Gasteiger charge is -2.40. The number of hydrogen-bond donors (Lipinski definition) is 6. The minimum absolute atomic E-state index is 0.209. The minimum Gasteiger partial charge on any atom is -0.394 e. The molecule has 1 fully saturated rings. The van der Waals surface area contributed by atoms with E-state index in [2.05, 4.69) is 67.8 Å². The third-order valence-electron chi connectivity index (χ3n) is 9.79. The highest BCUT2D eigenvalue weighted by Crippen LogP contribution is 2.22. The molecule has 0 aromatic carbocycles. The van der Waals surface area contributed by atoms with Gasteiger partial charge in [-0.25, -0.2) is 0 Å². The van der Waals surface area contributed by atoms with Gasteiger partial charge in [-0.1, -0.05) is 139 Å². The van der Waals surface area contributed by atoms with Crippen molar-refractivity contribution in [3.05, 3.63) is 60.8 Å². The molecule has 7 atom stereocenters. The van der Waals surface area contributed by atoms with E-state index in [0.29, 0.717) is 6.42 Å². The number of hydrogen-bond acceptors (Lipinski definition) is 8. The number of amides is 1. The third kappa shape index (κ3) is 25.9. The number of unbranched alkanes of at least 4 members (excludes halogenated alkanes) is 16. The van der Waals surface area contributed by atoms with Crippen LogP contribution in [0.2, 0.25) is 0 Å². The van der Waals surface area contributed by atoms with E-state index in [4.69, 9.17) is 9.47 Å². The summed E-state index contributed by atoms with van der Waals surface area (Å²) in [5, 5.41) is 54.0. The molecule has 9 nitrogen and oxygen atoms in total. The molecule has 1 rings (SSSR count). The van der Waals surface area contributed by atoms with Gasteiger partial charge in [0, 0.05) is 6.42 Å². The molecule has 6 N–H and O–H groups in total. The van der Waals surface area contributed by atoms with Crippen molar-refractivity contribution in [3.63, 3.8) is 0 Å². The molecule has 0 spiro atoms. The molecule has 0 radical (unpaired) electrons. The Morgan fingerprint density at radius 1 is 0.630 bits per heavy atom. The maximum atomic E-state index is 12.9. The van der Waals surface area contributed by atoms with Crippen molar-refractivity contribution in [3.8, 4) is 0 Å². The molecule has 1 aliphatic rings. The summed E-state index contributed by atoms with van der Waals surface area (Å²) in [6.07, 6.45) is 38.3. The molecule has 7 unspecified atom stereocenters. The highest BCUT2D eigenvalue weighted by molar-refractivity contribution is 5.76. The number of allylic oxidation sites excluding steroid dienone is 9. The molecular formula is C45H79NO8. The van der Waals surface area contributed by atoms with Gasteiger partial charge in [0.15, 0.2) is 6.29 Å². The second-order valence-electron chi connectivity index (χ2n) is 14.8. The Morgan fingerprint density at radius 3 is 1.69 bits per heavy atom. The highest BCUT2D eigenvalue weighted by atomic mass is 16.7. The molecule has 0 bridgehead atoms. The number of aliphatic hydroxyl groups excluding tert-OH is 5. The van der Waals surface area contributed by atoms with E-state index in [9.17, 15) is 30.3 Å². The van der Waals surface area contributed by atoms with Gasteiger partial charge in [-0.05, 0) is 77.0 Å². The zero-order valence-electron chi connectivity index (χ0n) is 34.0. The first-order chi connectivity index (χ1) is 26.3. The van der Waals surface area contributed by atoms with E-state index in [1.54, 1.807) is 6.08 Å². The Kier molecular flexibility index (Phi) is 32.6. The zero-order chi connectivity index (χ0) is 39.5. The third-order valence-corrected chi connectivity index (χ3v) is 9.79. The fraction of sp³-hybridized carbons (Fsp3) is 0.756. The monoisotopic (exact) mass is 762 g/mol. The van der Waals surface area contributed by atoms with Gasteiger partial charge in [-0.15, -0.1) is 0 Å². The lowest BCUT2D eigenvalue weighted by molar-refractivity contribution is -0.302. The van der Waals surface area contributed by atoms with Crippen LogP contribution in [-0.2, 0) is 14.3 Å². The van der Waals surface area contributed by atoms with Gasteiger partial charge < -0.3 is 40.3 Å². The molecular weight excluding hydrogens is 682 g/mol. The summed E-state index contributed by atoms with van der Waals surface area (Å²) in [7, 11) is 0. The summed E-state index contributed by atoms with van der Waals surface area (Å²) in [5.41, 5.74) is 0. The maximum absolute atomic E-state index is 12.9. The largest absolute Gasteiger partial charge is 0.394 e. The normalized spacial score (nSPS) is 22.1. The van der Waals surface area contributed by atoms with Crippen LogP contribution >= 0.6 is 0 Å². The minimum atomic E-state index is -1.58. The van der Waals surface area contributed by atoms with Crippen molar-refractivity contribution in [2.75, 3.05) is 13.2 Å².